The van der Waals surface area contributed by atoms with E-state index in [4.69, 9.17) is 0 Å². The summed E-state index contributed by atoms with van der Waals surface area (Å²) in [4.78, 5) is 24.8. The Balaban J connectivity index is 2.18. The molecule has 0 aliphatic rings. The fraction of sp³-hybridized carbons (Fsp3) is 0.211. The molecule has 0 fully saturated rings. The minimum Gasteiger partial charge on any atom is -0.377 e. The van der Waals surface area contributed by atoms with E-state index >= 15 is 0 Å². The fourth-order valence-corrected chi connectivity index (χ4v) is 3.65. The van der Waals surface area contributed by atoms with Gasteiger partial charge in [0.2, 0.25) is 10.0 Å². The van der Waals surface area contributed by atoms with E-state index in [1.165, 1.54) is 24.3 Å². The topological polar surface area (TPSA) is 122 Å². The lowest BCUT2D eigenvalue weighted by Gasteiger charge is -2.17. The Hall–Kier alpha value is -3.24. The molecule has 0 atom stereocenters. The normalized spacial score (nSPS) is 11.0. The van der Waals surface area contributed by atoms with Gasteiger partial charge in [0.05, 0.1) is 16.2 Å². The maximum atomic E-state index is 12.7. The summed E-state index contributed by atoms with van der Waals surface area (Å²) in [5.74, 6) is -0.713. The van der Waals surface area contributed by atoms with Crippen LogP contribution in [-0.2, 0) is 15.8 Å². The number of nitro groups is 1. The summed E-state index contributed by atoms with van der Waals surface area (Å²) in [6, 6.07) is 10.4. The molecule has 2 aromatic carbocycles. The second-order valence-corrected chi connectivity index (χ2v) is 8.21. The summed E-state index contributed by atoms with van der Waals surface area (Å²) in [6.07, 6.45) is 1.45. The van der Waals surface area contributed by atoms with Gasteiger partial charge in [-0.1, -0.05) is 18.2 Å². The van der Waals surface area contributed by atoms with Crippen LogP contribution in [0.1, 0.15) is 15.9 Å². The van der Waals surface area contributed by atoms with E-state index in [9.17, 15) is 23.3 Å². The van der Waals surface area contributed by atoms with Crippen LogP contribution in [0.25, 0.3) is 0 Å². The van der Waals surface area contributed by atoms with Gasteiger partial charge in [0.15, 0.2) is 0 Å². The number of hydrogen-bond acceptors (Lipinski definition) is 6. The number of anilines is 2. The molecule has 0 heterocycles. The highest BCUT2D eigenvalue weighted by Gasteiger charge is 2.18. The van der Waals surface area contributed by atoms with Crippen molar-refractivity contribution in [1.82, 2.24) is 4.72 Å². The predicted octanol–water partition coefficient (Wildman–Crippen LogP) is 2.52. The van der Waals surface area contributed by atoms with E-state index in [1.54, 1.807) is 43.3 Å². The number of nitrogens with one attached hydrogen (secondary N) is 2. The van der Waals surface area contributed by atoms with Crippen LogP contribution in [0.3, 0.4) is 0 Å². The molecule has 0 bridgehead atoms. The Kier molecular flexibility index (Phi) is 7.08. The van der Waals surface area contributed by atoms with Crippen molar-refractivity contribution in [3.8, 4) is 0 Å². The van der Waals surface area contributed by atoms with Crippen molar-refractivity contribution in [3.05, 3.63) is 76.4 Å². The van der Waals surface area contributed by atoms with Gasteiger partial charge in [-0.3, -0.25) is 14.9 Å². The quantitative estimate of drug-likeness (QED) is 0.367. The molecule has 10 heteroatoms. The summed E-state index contributed by atoms with van der Waals surface area (Å²) < 4.78 is 26.2. The molecule has 0 aliphatic carbocycles. The van der Waals surface area contributed by atoms with Crippen molar-refractivity contribution in [1.29, 1.82) is 0 Å². The number of nitro benzene ring substituents is 1. The van der Waals surface area contributed by atoms with E-state index in [0.717, 1.165) is 0 Å². The Labute approximate surface area is 169 Å². The van der Waals surface area contributed by atoms with Gasteiger partial charge < -0.3 is 10.2 Å². The predicted molar refractivity (Wildman–Crippen MR) is 113 cm³/mol. The zero-order valence-corrected chi connectivity index (χ0v) is 16.9. The zero-order chi connectivity index (χ0) is 21.6. The first-order valence-corrected chi connectivity index (χ1v) is 10.2. The Bertz CT molecular complexity index is 1020. The van der Waals surface area contributed by atoms with Crippen molar-refractivity contribution in [2.45, 2.75) is 5.75 Å². The van der Waals surface area contributed by atoms with Crippen LogP contribution < -0.4 is 14.9 Å². The van der Waals surface area contributed by atoms with Crippen LogP contribution in [0.4, 0.5) is 17.1 Å². The average molecular weight is 418 g/mol. The highest BCUT2D eigenvalue weighted by Crippen LogP contribution is 2.25. The molecular weight excluding hydrogens is 396 g/mol. The Morgan fingerprint density at radius 3 is 2.41 bits per heavy atom. The van der Waals surface area contributed by atoms with Crippen molar-refractivity contribution < 1.29 is 18.1 Å². The van der Waals surface area contributed by atoms with Gasteiger partial charge >= 0.3 is 0 Å². The molecule has 0 unspecified atom stereocenters. The first-order valence-electron chi connectivity index (χ1n) is 8.57. The van der Waals surface area contributed by atoms with Crippen molar-refractivity contribution in [2.24, 2.45) is 0 Å². The molecule has 2 aromatic rings. The number of rotatable bonds is 9. The molecule has 2 rings (SSSR count). The number of carbonyl (C=O) groups excluding carboxylic acids is 1. The van der Waals surface area contributed by atoms with Crippen LogP contribution in [0.15, 0.2) is 55.1 Å². The minimum absolute atomic E-state index is 0.147. The average Bonchev–Trinajstić information content (AvgIpc) is 2.67. The van der Waals surface area contributed by atoms with Crippen molar-refractivity contribution in [2.75, 3.05) is 30.9 Å². The second kappa shape index (κ2) is 9.30. The lowest BCUT2D eigenvalue weighted by atomic mass is 10.1. The van der Waals surface area contributed by atoms with Gasteiger partial charge in [0, 0.05) is 44.1 Å². The third kappa shape index (κ3) is 6.13. The van der Waals surface area contributed by atoms with Gasteiger partial charge in [0.25, 0.3) is 11.6 Å². The largest absolute Gasteiger partial charge is 0.377 e. The minimum atomic E-state index is -3.48. The first-order chi connectivity index (χ1) is 13.6. The van der Waals surface area contributed by atoms with E-state index in [-0.39, 0.29) is 23.5 Å². The molecule has 9 nitrogen and oxygen atoms in total. The highest BCUT2D eigenvalue weighted by atomic mass is 32.2. The number of nitrogens with zero attached hydrogens (tertiary/aromatic N) is 2. The molecule has 0 aromatic heterocycles. The van der Waals surface area contributed by atoms with Gasteiger partial charge in [-0.25, -0.2) is 13.1 Å². The number of benzene rings is 2. The van der Waals surface area contributed by atoms with Crippen molar-refractivity contribution >= 4 is 33.0 Å². The summed E-state index contributed by atoms with van der Waals surface area (Å²) in [5, 5.41) is 13.7. The Morgan fingerprint density at radius 1 is 1.21 bits per heavy atom. The first kappa shape index (κ1) is 22.1. The van der Waals surface area contributed by atoms with Crippen LogP contribution in [0.5, 0.6) is 0 Å². The summed E-state index contributed by atoms with van der Waals surface area (Å²) >= 11 is 0. The van der Waals surface area contributed by atoms with E-state index in [2.05, 4.69) is 16.6 Å². The lowest BCUT2D eigenvalue weighted by molar-refractivity contribution is -0.384. The second-order valence-electron chi connectivity index (χ2n) is 6.40. The maximum absolute atomic E-state index is 12.7. The number of carbonyl (C=O) groups is 1. The maximum Gasteiger partial charge on any atom is 0.270 e. The summed E-state index contributed by atoms with van der Waals surface area (Å²) in [5.41, 5.74) is 1.48. The van der Waals surface area contributed by atoms with Gasteiger partial charge in [-0.05, 0) is 23.8 Å². The number of hydrogen-bond donors (Lipinski definition) is 2. The summed E-state index contributed by atoms with van der Waals surface area (Å²) in [7, 11) is -0.0222. The van der Waals surface area contributed by atoms with E-state index < -0.39 is 20.9 Å². The molecule has 0 radical (unpaired) electrons. The zero-order valence-electron chi connectivity index (χ0n) is 16.1. The van der Waals surface area contributed by atoms with E-state index in [0.29, 0.717) is 16.9 Å². The van der Waals surface area contributed by atoms with Gasteiger partial charge in [-0.15, -0.1) is 6.58 Å². The SMILES string of the molecule is C=CCNS(=O)(=O)Cc1ccc(NC(=O)c2cc([N+](=O)[O-])ccc2N(C)C)cc1. The smallest absolute Gasteiger partial charge is 0.270 e. The van der Waals surface area contributed by atoms with E-state index in [1.807, 2.05) is 0 Å². The van der Waals surface area contributed by atoms with Crippen LogP contribution in [-0.4, -0.2) is 39.9 Å². The summed E-state index contributed by atoms with van der Waals surface area (Å²) in [6.45, 7) is 3.61. The number of sulfonamides is 1. The molecule has 0 spiro atoms. The highest BCUT2D eigenvalue weighted by molar-refractivity contribution is 7.88. The van der Waals surface area contributed by atoms with Crippen LogP contribution in [0.2, 0.25) is 0 Å². The molecule has 0 saturated heterocycles. The monoisotopic (exact) mass is 418 g/mol. The lowest BCUT2D eigenvalue weighted by Crippen LogP contribution is -2.25. The molecule has 29 heavy (non-hydrogen) atoms. The number of amides is 1. The third-order valence-corrected chi connectivity index (χ3v) is 5.25. The van der Waals surface area contributed by atoms with Crippen LogP contribution >= 0.6 is 0 Å². The third-order valence-electron chi connectivity index (χ3n) is 3.93. The van der Waals surface area contributed by atoms with Gasteiger partial charge in [0.1, 0.15) is 0 Å². The Morgan fingerprint density at radius 2 is 1.86 bits per heavy atom. The van der Waals surface area contributed by atoms with Crippen LogP contribution in [0, 0.1) is 10.1 Å². The fourth-order valence-electron chi connectivity index (χ4n) is 2.55. The molecule has 0 saturated carbocycles. The molecule has 1 amide bonds. The molecular formula is C19H22N4O5S. The molecule has 0 aliphatic heterocycles. The number of non-ortho nitro benzene ring substituents is 1. The molecule has 2 N–H and O–H groups in total. The standard InChI is InChI=1S/C19H22N4O5S/c1-4-11-20-29(27,28)13-14-5-7-15(8-6-14)21-19(24)17-12-16(23(25)26)9-10-18(17)22(2)3/h4-10,12,20H,1,11,13H2,2-3H3,(H,21,24). The van der Waals surface area contributed by atoms with Crippen molar-refractivity contribution in [3.63, 3.8) is 0 Å². The molecule has 154 valence electrons. The van der Waals surface area contributed by atoms with Gasteiger partial charge in [-0.2, -0.15) is 0 Å².